The first-order chi connectivity index (χ1) is 14.6. The van der Waals surface area contributed by atoms with Crippen LogP contribution in [0, 0.1) is 0 Å². The van der Waals surface area contributed by atoms with E-state index in [9.17, 15) is 5.11 Å². The second kappa shape index (κ2) is 13.9. The van der Waals surface area contributed by atoms with Gasteiger partial charge in [0.1, 0.15) is 24.3 Å². The summed E-state index contributed by atoms with van der Waals surface area (Å²) in [4.78, 5) is 4.33. The molecule has 0 amide bonds. The maximum absolute atomic E-state index is 10.2. The SMILES string of the molecule is COc1ccc(CCNCC(O)COc2ccc(-c3nccn3C)cc2)cc1OC.Cl.Cl. The first-order valence-electron chi connectivity index (χ1n) is 9.91. The Morgan fingerprint density at radius 2 is 1.75 bits per heavy atom. The van der Waals surface area contributed by atoms with Crippen LogP contribution < -0.4 is 19.5 Å². The van der Waals surface area contributed by atoms with Crippen LogP contribution in [0.1, 0.15) is 5.56 Å². The van der Waals surface area contributed by atoms with Gasteiger partial charge in [-0.15, -0.1) is 24.8 Å². The largest absolute Gasteiger partial charge is 0.493 e. The summed E-state index contributed by atoms with van der Waals surface area (Å²) < 4.78 is 18.2. The summed E-state index contributed by atoms with van der Waals surface area (Å²) >= 11 is 0. The number of nitrogens with one attached hydrogen (secondary N) is 1. The van der Waals surface area contributed by atoms with Crippen LogP contribution in [0.5, 0.6) is 17.2 Å². The van der Waals surface area contributed by atoms with Crippen molar-refractivity contribution in [3.8, 4) is 28.6 Å². The molecule has 0 aliphatic heterocycles. The molecule has 176 valence electrons. The van der Waals surface area contributed by atoms with E-state index in [0.29, 0.717) is 6.54 Å². The van der Waals surface area contributed by atoms with Gasteiger partial charge in [-0.2, -0.15) is 0 Å². The van der Waals surface area contributed by atoms with Gasteiger partial charge >= 0.3 is 0 Å². The molecule has 0 radical (unpaired) electrons. The van der Waals surface area contributed by atoms with Gasteiger partial charge < -0.3 is 29.2 Å². The van der Waals surface area contributed by atoms with E-state index >= 15 is 0 Å². The predicted molar refractivity (Wildman–Crippen MR) is 131 cm³/mol. The number of imidazole rings is 1. The molecular weight excluding hydrogens is 453 g/mol. The number of aromatic nitrogens is 2. The quantitative estimate of drug-likeness (QED) is 0.406. The maximum atomic E-state index is 10.2. The van der Waals surface area contributed by atoms with Crippen LogP contribution in [0.25, 0.3) is 11.4 Å². The third-order valence-electron chi connectivity index (χ3n) is 4.79. The van der Waals surface area contributed by atoms with Crippen molar-refractivity contribution in [1.29, 1.82) is 0 Å². The Balaban J connectivity index is 0.00000256. The zero-order chi connectivity index (χ0) is 21.3. The summed E-state index contributed by atoms with van der Waals surface area (Å²) in [6.45, 7) is 1.43. The minimum absolute atomic E-state index is 0. The normalized spacial score (nSPS) is 11.1. The first kappa shape index (κ1) is 27.6. The van der Waals surface area contributed by atoms with E-state index < -0.39 is 6.10 Å². The topological polar surface area (TPSA) is 77.8 Å². The lowest BCUT2D eigenvalue weighted by Gasteiger charge is -2.14. The van der Waals surface area contributed by atoms with Gasteiger partial charge in [-0.05, 0) is 54.9 Å². The molecule has 0 aliphatic carbocycles. The standard InChI is InChI=1S/C23H29N3O4.2ClH/c1-26-13-12-25-23(26)18-5-7-20(8-6-18)30-16-19(27)15-24-11-10-17-4-9-21(28-2)22(14-17)29-3;;/h4-9,12-14,19,24,27H,10-11,15-16H2,1-3H3;2*1H. The van der Waals surface area contributed by atoms with E-state index in [4.69, 9.17) is 14.2 Å². The van der Waals surface area contributed by atoms with Gasteiger partial charge in [0, 0.05) is 31.5 Å². The lowest BCUT2D eigenvalue weighted by Crippen LogP contribution is -2.32. The number of rotatable bonds is 11. The number of aliphatic hydroxyl groups is 1. The fourth-order valence-electron chi connectivity index (χ4n) is 3.13. The summed E-state index contributed by atoms with van der Waals surface area (Å²) in [7, 11) is 5.21. The summed E-state index contributed by atoms with van der Waals surface area (Å²) in [6, 6.07) is 13.6. The molecule has 1 atom stereocenters. The Labute approximate surface area is 201 Å². The number of halogens is 2. The van der Waals surface area contributed by atoms with Crippen molar-refractivity contribution < 1.29 is 19.3 Å². The summed E-state index contributed by atoms with van der Waals surface area (Å²) in [6.07, 6.45) is 3.91. The van der Waals surface area contributed by atoms with Crippen LogP contribution in [-0.4, -0.2) is 54.7 Å². The predicted octanol–water partition coefficient (Wildman–Crippen LogP) is 3.52. The summed E-state index contributed by atoms with van der Waals surface area (Å²) in [5.41, 5.74) is 2.16. The average molecular weight is 484 g/mol. The lowest BCUT2D eigenvalue weighted by molar-refractivity contribution is 0.106. The molecule has 2 N–H and O–H groups in total. The molecule has 2 aromatic carbocycles. The van der Waals surface area contributed by atoms with E-state index in [0.717, 1.165) is 47.2 Å². The Hall–Kier alpha value is -2.45. The molecule has 1 aromatic heterocycles. The van der Waals surface area contributed by atoms with E-state index in [1.165, 1.54) is 0 Å². The Bertz CT molecular complexity index is 935. The Morgan fingerprint density at radius 3 is 2.38 bits per heavy atom. The Morgan fingerprint density at radius 1 is 1.03 bits per heavy atom. The molecule has 9 heteroatoms. The van der Waals surface area contributed by atoms with Gasteiger partial charge in [0.2, 0.25) is 0 Å². The van der Waals surface area contributed by atoms with Crippen molar-refractivity contribution in [2.45, 2.75) is 12.5 Å². The monoisotopic (exact) mass is 483 g/mol. The van der Waals surface area contributed by atoms with Crippen LogP contribution in [0.2, 0.25) is 0 Å². The smallest absolute Gasteiger partial charge is 0.160 e. The van der Waals surface area contributed by atoms with Crippen LogP contribution in [0.3, 0.4) is 0 Å². The molecule has 3 rings (SSSR count). The zero-order valence-corrected chi connectivity index (χ0v) is 20.1. The third kappa shape index (κ3) is 7.60. The molecule has 0 spiro atoms. The molecule has 1 unspecified atom stereocenters. The fourth-order valence-corrected chi connectivity index (χ4v) is 3.13. The van der Waals surface area contributed by atoms with Gasteiger partial charge in [0.15, 0.2) is 11.5 Å². The van der Waals surface area contributed by atoms with E-state index in [1.54, 1.807) is 20.4 Å². The number of hydrogen-bond donors (Lipinski definition) is 2. The third-order valence-corrected chi connectivity index (χ3v) is 4.79. The average Bonchev–Trinajstić information content (AvgIpc) is 3.21. The number of ether oxygens (including phenoxy) is 3. The van der Waals surface area contributed by atoms with Gasteiger partial charge in [-0.1, -0.05) is 6.07 Å². The van der Waals surface area contributed by atoms with Crippen molar-refractivity contribution in [3.63, 3.8) is 0 Å². The fraction of sp³-hybridized carbons (Fsp3) is 0.348. The van der Waals surface area contributed by atoms with E-state index in [-0.39, 0.29) is 31.4 Å². The van der Waals surface area contributed by atoms with Crippen molar-refractivity contribution in [1.82, 2.24) is 14.9 Å². The number of benzene rings is 2. The van der Waals surface area contributed by atoms with Crippen LogP contribution in [0.15, 0.2) is 54.9 Å². The second-order valence-electron chi connectivity index (χ2n) is 6.99. The molecule has 0 saturated heterocycles. The summed E-state index contributed by atoms with van der Waals surface area (Å²) in [5, 5.41) is 13.4. The van der Waals surface area contributed by atoms with Gasteiger partial charge in [0.05, 0.1) is 14.2 Å². The van der Waals surface area contributed by atoms with Crippen LogP contribution in [-0.2, 0) is 13.5 Å². The number of aliphatic hydroxyl groups excluding tert-OH is 1. The zero-order valence-electron chi connectivity index (χ0n) is 18.5. The molecule has 32 heavy (non-hydrogen) atoms. The number of nitrogens with zero attached hydrogens (tertiary/aromatic N) is 2. The molecule has 3 aromatic rings. The molecule has 1 heterocycles. The molecule has 7 nitrogen and oxygen atoms in total. The number of methoxy groups -OCH3 is 2. The molecule has 0 aliphatic rings. The molecular formula is C23H31Cl2N3O4. The molecule has 0 saturated carbocycles. The van der Waals surface area contributed by atoms with Crippen LogP contribution in [0.4, 0.5) is 0 Å². The number of hydrogen-bond acceptors (Lipinski definition) is 6. The van der Waals surface area contributed by atoms with E-state index in [1.807, 2.05) is 60.3 Å². The lowest BCUT2D eigenvalue weighted by atomic mass is 10.1. The summed E-state index contributed by atoms with van der Waals surface area (Å²) in [5.74, 6) is 3.06. The Kier molecular flexibility index (Phi) is 11.9. The molecule has 0 fully saturated rings. The first-order valence-corrected chi connectivity index (χ1v) is 9.91. The van der Waals surface area contributed by atoms with Crippen molar-refractivity contribution in [3.05, 3.63) is 60.4 Å². The van der Waals surface area contributed by atoms with Gasteiger partial charge in [-0.3, -0.25) is 0 Å². The van der Waals surface area contributed by atoms with Crippen molar-refractivity contribution in [2.24, 2.45) is 7.05 Å². The van der Waals surface area contributed by atoms with E-state index in [2.05, 4.69) is 10.3 Å². The van der Waals surface area contributed by atoms with Crippen molar-refractivity contribution >= 4 is 24.8 Å². The number of aryl methyl sites for hydroxylation is 1. The highest BCUT2D eigenvalue weighted by atomic mass is 35.5. The highest BCUT2D eigenvalue weighted by Crippen LogP contribution is 2.27. The van der Waals surface area contributed by atoms with Gasteiger partial charge in [0.25, 0.3) is 0 Å². The van der Waals surface area contributed by atoms with Gasteiger partial charge in [-0.25, -0.2) is 4.98 Å². The highest BCUT2D eigenvalue weighted by Gasteiger charge is 2.08. The maximum Gasteiger partial charge on any atom is 0.160 e. The van der Waals surface area contributed by atoms with Crippen molar-refractivity contribution in [2.75, 3.05) is 33.9 Å². The van der Waals surface area contributed by atoms with Crippen LogP contribution >= 0.6 is 24.8 Å². The second-order valence-corrected chi connectivity index (χ2v) is 6.99. The highest BCUT2D eigenvalue weighted by molar-refractivity contribution is 5.85. The minimum Gasteiger partial charge on any atom is -0.493 e. The molecule has 0 bridgehead atoms. The minimum atomic E-state index is -0.593.